The van der Waals surface area contributed by atoms with Crippen molar-refractivity contribution in [3.63, 3.8) is 0 Å². The predicted molar refractivity (Wildman–Crippen MR) is 70.2 cm³/mol. The molecular formula is C14H24N2O2. The van der Waals surface area contributed by atoms with Crippen LogP contribution in [0.3, 0.4) is 0 Å². The van der Waals surface area contributed by atoms with Crippen LogP contribution in [0.5, 0.6) is 0 Å². The molecule has 4 heteroatoms. The molecule has 2 fully saturated rings. The van der Waals surface area contributed by atoms with Gasteiger partial charge in [-0.1, -0.05) is 13.8 Å². The fraction of sp³-hybridized carbons (Fsp3) is 0.857. The molecule has 1 N–H and O–H groups in total. The Labute approximate surface area is 109 Å². The molecule has 2 aliphatic heterocycles. The quantitative estimate of drug-likeness (QED) is 0.824. The van der Waals surface area contributed by atoms with E-state index < -0.39 is 0 Å². The molecule has 2 heterocycles. The maximum atomic E-state index is 12.5. The number of nitrogens with one attached hydrogen (secondary N) is 1. The Morgan fingerprint density at radius 2 is 2.00 bits per heavy atom. The highest BCUT2D eigenvalue weighted by atomic mass is 16.2. The first-order chi connectivity index (χ1) is 8.56. The first kappa shape index (κ1) is 13.5. The van der Waals surface area contributed by atoms with E-state index in [1.807, 2.05) is 25.8 Å². The number of carbonyl (C=O) groups is 2. The Kier molecular flexibility index (Phi) is 4.05. The summed E-state index contributed by atoms with van der Waals surface area (Å²) in [6.45, 7) is 3.85. The van der Waals surface area contributed by atoms with Gasteiger partial charge in [0.05, 0.1) is 12.1 Å². The fourth-order valence-corrected chi connectivity index (χ4v) is 3.29. The standard InChI is InChI=1S/C14H24N2O2/c1-9(2)13(17)12-8-7-10-5-4-6-11(15-3)14(18)16(10)12/h9-12,15H,4-8H2,1-3H3. The van der Waals surface area contributed by atoms with Gasteiger partial charge >= 0.3 is 0 Å². The van der Waals surface area contributed by atoms with E-state index in [0.717, 1.165) is 32.1 Å². The highest BCUT2D eigenvalue weighted by molar-refractivity contribution is 5.92. The van der Waals surface area contributed by atoms with Crippen LogP contribution in [0.1, 0.15) is 46.0 Å². The molecule has 2 rings (SSSR count). The summed E-state index contributed by atoms with van der Waals surface area (Å²) in [5.74, 6) is 0.372. The molecule has 18 heavy (non-hydrogen) atoms. The van der Waals surface area contributed by atoms with Crippen LogP contribution < -0.4 is 5.32 Å². The van der Waals surface area contributed by atoms with Crippen molar-refractivity contribution in [2.24, 2.45) is 5.92 Å². The van der Waals surface area contributed by atoms with Crippen LogP contribution in [-0.4, -0.2) is 41.8 Å². The van der Waals surface area contributed by atoms with E-state index >= 15 is 0 Å². The summed E-state index contributed by atoms with van der Waals surface area (Å²) in [7, 11) is 1.83. The summed E-state index contributed by atoms with van der Waals surface area (Å²) in [6, 6.07) is 0.0237. The third-order valence-corrected chi connectivity index (χ3v) is 4.33. The van der Waals surface area contributed by atoms with Crippen molar-refractivity contribution < 1.29 is 9.59 Å². The number of carbonyl (C=O) groups excluding carboxylic acids is 2. The van der Waals surface area contributed by atoms with Crippen molar-refractivity contribution >= 4 is 11.7 Å². The lowest BCUT2D eigenvalue weighted by molar-refractivity contribution is -0.141. The van der Waals surface area contributed by atoms with Crippen LogP contribution in [0.15, 0.2) is 0 Å². The SMILES string of the molecule is CNC1CCCC2CCC(C(=O)C(C)C)N2C1=O. The number of likely N-dealkylation sites (N-methyl/N-ethyl adjacent to an activating group) is 1. The van der Waals surface area contributed by atoms with Crippen molar-refractivity contribution in [2.75, 3.05) is 7.05 Å². The molecule has 2 aliphatic rings. The molecule has 2 saturated heterocycles. The molecular weight excluding hydrogens is 228 g/mol. The number of amides is 1. The average Bonchev–Trinajstić information content (AvgIpc) is 2.69. The van der Waals surface area contributed by atoms with Gasteiger partial charge in [0, 0.05) is 12.0 Å². The van der Waals surface area contributed by atoms with Gasteiger partial charge in [0.25, 0.3) is 0 Å². The molecule has 0 spiro atoms. The van der Waals surface area contributed by atoms with Gasteiger partial charge in [-0.2, -0.15) is 0 Å². The number of rotatable bonds is 3. The van der Waals surface area contributed by atoms with Gasteiger partial charge in [0.1, 0.15) is 0 Å². The lowest BCUT2D eigenvalue weighted by atomic mass is 9.99. The van der Waals surface area contributed by atoms with E-state index in [-0.39, 0.29) is 29.7 Å². The van der Waals surface area contributed by atoms with Gasteiger partial charge in [-0.15, -0.1) is 0 Å². The summed E-state index contributed by atoms with van der Waals surface area (Å²) in [5, 5.41) is 3.09. The summed E-state index contributed by atoms with van der Waals surface area (Å²) >= 11 is 0. The number of Topliss-reactive ketones (excluding diaryl/α,β-unsaturated/α-hetero) is 1. The molecule has 0 aromatic heterocycles. The number of hydrogen-bond acceptors (Lipinski definition) is 3. The lowest BCUT2D eigenvalue weighted by Crippen LogP contribution is -2.51. The third-order valence-electron chi connectivity index (χ3n) is 4.33. The van der Waals surface area contributed by atoms with Crippen LogP contribution in [0, 0.1) is 5.92 Å². The zero-order valence-electron chi connectivity index (χ0n) is 11.6. The average molecular weight is 252 g/mol. The van der Waals surface area contributed by atoms with Gasteiger partial charge in [-0.25, -0.2) is 0 Å². The van der Waals surface area contributed by atoms with Crippen LogP contribution in [0.4, 0.5) is 0 Å². The zero-order chi connectivity index (χ0) is 13.3. The smallest absolute Gasteiger partial charge is 0.240 e. The van der Waals surface area contributed by atoms with E-state index in [9.17, 15) is 9.59 Å². The molecule has 1 amide bonds. The van der Waals surface area contributed by atoms with E-state index in [1.165, 1.54) is 0 Å². The molecule has 3 unspecified atom stereocenters. The molecule has 0 aliphatic carbocycles. The van der Waals surface area contributed by atoms with Crippen molar-refractivity contribution in [2.45, 2.75) is 64.1 Å². The fourth-order valence-electron chi connectivity index (χ4n) is 3.29. The van der Waals surface area contributed by atoms with Gasteiger partial charge in [-0.05, 0) is 39.2 Å². The third kappa shape index (κ3) is 2.30. The monoisotopic (exact) mass is 252 g/mol. The first-order valence-corrected chi connectivity index (χ1v) is 7.09. The van der Waals surface area contributed by atoms with Gasteiger partial charge in [-0.3, -0.25) is 9.59 Å². The normalized spacial score (nSPS) is 32.6. The van der Waals surface area contributed by atoms with Crippen molar-refractivity contribution in [3.8, 4) is 0 Å². The van der Waals surface area contributed by atoms with Crippen LogP contribution in [0.2, 0.25) is 0 Å². The highest BCUT2D eigenvalue weighted by Crippen LogP contribution is 2.33. The molecule has 0 aromatic carbocycles. The highest BCUT2D eigenvalue weighted by Gasteiger charge is 2.44. The Balaban J connectivity index is 2.21. The summed E-state index contributed by atoms with van der Waals surface area (Å²) in [4.78, 5) is 26.6. The number of hydrogen-bond donors (Lipinski definition) is 1. The van der Waals surface area contributed by atoms with E-state index in [2.05, 4.69) is 5.32 Å². The minimum atomic E-state index is -0.170. The summed E-state index contributed by atoms with van der Waals surface area (Å²) < 4.78 is 0. The number of nitrogens with zero attached hydrogens (tertiary/aromatic N) is 1. The van der Waals surface area contributed by atoms with Gasteiger partial charge in [0.15, 0.2) is 5.78 Å². The number of fused-ring (bicyclic) bond motifs is 1. The lowest BCUT2D eigenvalue weighted by Gasteiger charge is -2.31. The molecule has 0 radical (unpaired) electrons. The maximum Gasteiger partial charge on any atom is 0.240 e. The van der Waals surface area contributed by atoms with Gasteiger partial charge < -0.3 is 10.2 Å². The molecule has 0 saturated carbocycles. The van der Waals surface area contributed by atoms with Crippen molar-refractivity contribution in [3.05, 3.63) is 0 Å². The molecule has 3 atom stereocenters. The molecule has 0 bridgehead atoms. The Morgan fingerprint density at radius 1 is 1.28 bits per heavy atom. The minimum Gasteiger partial charge on any atom is -0.328 e. The van der Waals surface area contributed by atoms with Crippen molar-refractivity contribution in [1.29, 1.82) is 0 Å². The zero-order valence-corrected chi connectivity index (χ0v) is 11.6. The molecule has 4 nitrogen and oxygen atoms in total. The summed E-state index contributed by atoms with van der Waals surface area (Å²) in [6.07, 6.45) is 4.85. The van der Waals surface area contributed by atoms with Crippen LogP contribution in [0.25, 0.3) is 0 Å². The Hall–Kier alpha value is -0.900. The van der Waals surface area contributed by atoms with Crippen molar-refractivity contribution in [1.82, 2.24) is 10.2 Å². The van der Waals surface area contributed by atoms with E-state index in [1.54, 1.807) is 0 Å². The second-order valence-electron chi connectivity index (χ2n) is 5.82. The molecule has 0 aromatic rings. The maximum absolute atomic E-state index is 12.5. The largest absolute Gasteiger partial charge is 0.328 e. The first-order valence-electron chi connectivity index (χ1n) is 7.09. The Bertz CT molecular complexity index is 341. The second-order valence-corrected chi connectivity index (χ2v) is 5.82. The second kappa shape index (κ2) is 5.39. The summed E-state index contributed by atoms with van der Waals surface area (Å²) in [5.41, 5.74) is 0. The van der Waals surface area contributed by atoms with Gasteiger partial charge in [0.2, 0.25) is 5.91 Å². The van der Waals surface area contributed by atoms with Crippen LogP contribution >= 0.6 is 0 Å². The van der Waals surface area contributed by atoms with E-state index in [4.69, 9.17) is 0 Å². The minimum absolute atomic E-state index is 0.0119. The van der Waals surface area contributed by atoms with E-state index in [0.29, 0.717) is 6.04 Å². The Morgan fingerprint density at radius 3 is 2.61 bits per heavy atom. The topological polar surface area (TPSA) is 49.4 Å². The molecule has 102 valence electrons. The number of ketones is 1. The van der Waals surface area contributed by atoms with Crippen LogP contribution in [-0.2, 0) is 9.59 Å². The predicted octanol–water partition coefficient (Wildman–Crippen LogP) is 1.34.